The van der Waals surface area contributed by atoms with Crippen LogP contribution in [0, 0.1) is 11.3 Å². The summed E-state index contributed by atoms with van der Waals surface area (Å²) in [5.41, 5.74) is -0.118. The molecule has 1 amide bonds. The third-order valence-electron chi connectivity index (χ3n) is 3.51. The number of piperidine rings is 1. The standard InChI is InChI=1S/C14H21N3O4/c1-10(14(20)21)16-13(19)11(8-15)9-17-6-3-2-4-12(17)5-7-18/h9-10,12,18H,2-7H2,1H3,(H,16,19)(H,20,21)/b11-9-. The Morgan fingerprint density at radius 3 is 2.81 bits per heavy atom. The van der Waals surface area contributed by atoms with Crippen LogP contribution >= 0.6 is 0 Å². The average molecular weight is 295 g/mol. The number of aliphatic carboxylic acids is 1. The van der Waals surface area contributed by atoms with Gasteiger partial charge in [-0.05, 0) is 32.6 Å². The Morgan fingerprint density at radius 1 is 1.52 bits per heavy atom. The van der Waals surface area contributed by atoms with E-state index in [0.29, 0.717) is 6.42 Å². The summed E-state index contributed by atoms with van der Waals surface area (Å²) in [4.78, 5) is 24.5. The Hall–Kier alpha value is -2.07. The van der Waals surface area contributed by atoms with E-state index in [2.05, 4.69) is 5.32 Å². The highest BCUT2D eigenvalue weighted by molar-refractivity contribution is 5.99. The maximum Gasteiger partial charge on any atom is 0.325 e. The first-order valence-electron chi connectivity index (χ1n) is 7.01. The molecular weight excluding hydrogens is 274 g/mol. The number of carboxylic acids is 1. The van der Waals surface area contributed by atoms with Crippen molar-refractivity contribution in [1.82, 2.24) is 10.2 Å². The van der Waals surface area contributed by atoms with Crippen LogP contribution in [0.25, 0.3) is 0 Å². The molecule has 3 N–H and O–H groups in total. The minimum atomic E-state index is -1.16. The number of carboxylic acid groups (broad SMARTS) is 1. The highest BCUT2D eigenvalue weighted by atomic mass is 16.4. The third kappa shape index (κ3) is 5.08. The molecule has 7 nitrogen and oxygen atoms in total. The van der Waals surface area contributed by atoms with Gasteiger partial charge in [0.2, 0.25) is 0 Å². The van der Waals surface area contributed by atoms with Gasteiger partial charge in [0.1, 0.15) is 17.7 Å². The Kier molecular flexibility index (Phi) is 6.69. The van der Waals surface area contributed by atoms with Crippen LogP contribution in [0.1, 0.15) is 32.6 Å². The van der Waals surface area contributed by atoms with E-state index in [1.165, 1.54) is 13.1 Å². The van der Waals surface area contributed by atoms with Crippen LogP contribution in [-0.2, 0) is 9.59 Å². The molecule has 2 atom stereocenters. The molecule has 116 valence electrons. The lowest BCUT2D eigenvalue weighted by Gasteiger charge is -2.34. The van der Waals surface area contributed by atoms with Crippen LogP contribution in [0.2, 0.25) is 0 Å². The van der Waals surface area contributed by atoms with Crippen LogP contribution in [0.5, 0.6) is 0 Å². The SMILES string of the molecule is CC(NC(=O)/C(C#N)=C\N1CCCCC1CCO)C(=O)O. The quantitative estimate of drug-likeness (QED) is 0.477. The Labute approximate surface area is 123 Å². The number of amides is 1. The van der Waals surface area contributed by atoms with Gasteiger partial charge >= 0.3 is 5.97 Å². The molecule has 21 heavy (non-hydrogen) atoms. The lowest BCUT2D eigenvalue weighted by Crippen LogP contribution is -2.40. The van der Waals surface area contributed by atoms with E-state index in [1.807, 2.05) is 11.0 Å². The highest BCUT2D eigenvalue weighted by Gasteiger charge is 2.22. The molecule has 7 heteroatoms. The van der Waals surface area contributed by atoms with Crippen molar-refractivity contribution in [2.75, 3.05) is 13.2 Å². The molecule has 1 saturated heterocycles. The van der Waals surface area contributed by atoms with Gasteiger partial charge in [-0.3, -0.25) is 9.59 Å². The number of carbonyl (C=O) groups excluding carboxylic acids is 1. The van der Waals surface area contributed by atoms with Crippen molar-refractivity contribution in [1.29, 1.82) is 5.26 Å². The predicted molar refractivity (Wildman–Crippen MR) is 75.0 cm³/mol. The van der Waals surface area contributed by atoms with Gasteiger partial charge in [-0.25, -0.2) is 0 Å². The van der Waals surface area contributed by atoms with Crippen molar-refractivity contribution in [2.45, 2.75) is 44.7 Å². The van der Waals surface area contributed by atoms with Gasteiger partial charge in [0.25, 0.3) is 5.91 Å². The normalized spacial score (nSPS) is 20.5. The van der Waals surface area contributed by atoms with E-state index >= 15 is 0 Å². The zero-order chi connectivity index (χ0) is 15.8. The fourth-order valence-electron chi connectivity index (χ4n) is 2.29. The van der Waals surface area contributed by atoms with Gasteiger partial charge in [-0.2, -0.15) is 5.26 Å². The van der Waals surface area contributed by atoms with Crippen molar-refractivity contribution in [3.63, 3.8) is 0 Å². The number of aliphatic hydroxyl groups excluding tert-OH is 1. The summed E-state index contributed by atoms with van der Waals surface area (Å²) >= 11 is 0. The second-order valence-corrected chi connectivity index (χ2v) is 5.09. The van der Waals surface area contributed by atoms with Gasteiger partial charge in [0.15, 0.2) is 0 Å². The second-order valence-electron chi connectivity index (χ2n) is 5.09. The topological polar surface area (TPSA) is 114 Å². The molecule has 1 rings (SSSR count). The van der Waals surface area contributed by atoms with Gasteiger partial charge in [0.05, 0.1) is 0 Å². The summed E-state index contributed by atoms with van der Waals surface area (Å²) in [6, 6.07) is 0.864. The lowest BCUT2D eigenvalue weighted by atomic mass is 10.00. The molecule has 0 bridgehead atoms. The molecule has 1 aliphatic rings. The number of hydrogen-bond donors (Lipinski definition) is 3. The summed E-state index contributed by atoms with van der Waals surface area (Å²) in [7, 11) is 0. The molecule has 0 saturated carbocycles. The fraction of sp³-hybridized carbons (Fsp3) is 0.643. The highest BCUT2D eigenvalue weighted by Crippen LogP contribution is 2.20. The van der Waals surface area contributed by atoms with E-state index in [-0.39, 0.29) is 18.2 Å². The number of hydrogen-bond acceptors (Lipinski definition) is 5. The van der Waals surface area contributed by atoms with E-state index in [4.69, 9.17) is 15.5 Å². The molecule has 2 unspecified atom stereocenters. The molecule has 1 heterocycles. The fourth-order valence-corrected chi connectivity index (χ4v) is 2.29. The van der Waals surface area contributed by atoms with Crippen LogP contribution in [0.15, 0.2) is 11.8 Å². The largest absolute Gasteiger partial charge is 0.480 e. The van der Waals surface area contributed by atoms with Crippen molar-refractivity contribution in [3.05, 3.63) is 11.8 Å². The number of aliphatic hydroxyl groups is 1. The minimum absolute atomic E-state index is 0.0547. The van der Waals surface area contributed by atoms with E-state index in [9.17, 15) is 9.59 Å². The van der Waals surface area contributed by atoms with E-state index in [0.717, 1.165) is 25.8 Å². The van der Waals surface area contributed by atoms with E-state index in [1.54, 1.807) is 0 Å². The molecule has 0 aromatic carbocycles. The number of nitriles is 1. The van der Waals surface area contributed by atoms with Crippen molar-refractivity contribution in [2.24, 2.45) is 0 Å². The maximum absolute atomic E-state index is 11.9. The number of nitrogens with one attached hydrogen (secondary N) is 1. The first kappa shape index (κ1) is 17.0. The summed E-state index contributed by atoms with van der Waals surface area (Å²) < 4.78 is 0. The first-order chi connectivity index (χ1) is 9.99. The Morgan fingerprint density at radius 2 is 2.24 bits per heavy atom. The van der Waals surface area contributed by atoms with Gasteiger partial charge in [0, 0.05) is 25.4 Å². The number of likely N-dealkylation sites (tertiary alicyclic amines) is 1. The van der Waals surface area contributed by atoms with Gasteiger partial charge in [-0.15, -0.1) is 0 Å². The first-order valence-corrected chi connectivity index (χ1v) is 7.01. The minimum Gasteiger partial charge on any atom is -0.480 e. The molecular formula is C14H21N3O4. The Balaban J connectivity index is 2.79. The zero-order valence-electron chi connectivity index (χ0n) is 12.1. The third-order valence-corrected chi connectivity index (χ3v) is 3.51. The van der Waals surface area contributed by atoms with E-state index < -0.39 is 17.9 Å². The maximum atomic E-state index is 11.9. The zero-order valence-corrected chi connectivity index (χ0v) is 12.1. The molecule has 0 aliphatic carbocycles. The van der Waals surface area contributed by atoms with Crippen LogP contribution in [0.3, 0.4) is 0 Å². The van der Waals surface area contributed by atoms with Crippen molar-refractivity contribution < 1.29 is 19.8 Å². The Bertz CT molecular complexity index is 454. The second kappa shape index (κ2) is 8.27. The predicted octanol–water partition coefficient (Wildman–Crippen LogP) is 0.220. The monoisotopic (exact) mass is 295 g/mol. The molecule has 1 aliphatic heterocycles. The summed E-state index contributed by atoms with van der Waals surface area (Å²) in [5.74, 6) is -1.85. The van der Waals surface area contributed by atoms with Crippen LogP contribution in [0.4, 0.5) is 0 Å². The molecule has 0 spiro atoms. The lowest BCUT2D eigenvalue weighted by molar-refractivity contribution is -0.140. The molecule has 0 radical (unpaired) electrons. The van der Waals surface area contributed by atoms with Crippen molar-refractivity contribution in [3.8, 4) is 6.07 Å². The van der Waals surface area contributed by atoms with Gasteiger partial charge < -0.3 is 20.4 Å². The number of rotatable bonds is 6. The van der Waals surface area contributed by atoms with Gasteiger partial charge in [-0.1, -0.05) is 0 Å². The van der Waals surface area contributed by atoms with Crippen LogP contribution in [-0.4, -0.2) is 52.2 Å². The van der Waals surface area contributed by atoms with Crippen LogP contribution < -0.4 is 5.32 Å². The molecule has 1 fully saturated rings. The summed E-state index contributed by atoms with van der Waals surface area (Å²) in [5, 5.41) is 29.2. The number of carbonyl (C=O) groups is 2. The number of nitrogens with zero attached hydrogens (tertiary/aromatic N) is 2. The smallest absolute Gasteiger partial charge is 0.325 e. The summed E-state index contributed by atoms with van der Waals surface area (Å²) in [6.45, 7) is 2.11. The van der Waals surface area contributed by atoms with Crippen molar-refractivity contribution >= 4 is 11.9 Å². The molecule has 0 aromatic rings. The average Bonchev–Trinajstić information content (AvgIpc) is 2.46. The summed E-state index contributed by atoms with van der Waals surface area (Å²) in [6.07, 6.45) is 4.98. The molecule has 0 aromatic heterocycles.